The highest BCUT2D eigenvalue weighted by Crippen LogP contribution is 2.17. The molecule has 3 heteroatoms. The monoisotopic (exact) mass is 200 g/mol. The van der Waals surface area contributed by atoms with Gasteiger partial charge in [-0.3, -0.25) is 0 Å². The Bertz CT molecular complexity index is 161. The first-order valence-electron chi connectivity index (χ1n) is 5.62. The first kappa shape index (κ1) is 12.0. The zero-order valence-corrected chi connectivity index (χ0v) is 9.92. The van der Waals surface area contributed by atoms with Crippen molar-refractivity contribution in [3.8, 4) is 0 Å². The predicted octanol–water partition coefficient (Wildman–Crippen LogP) is 1.09. The van der Waals surface area contributed by atoms with Crippen molar-refractivity contribution in [2.45, 2.75) is 44.9 Å². The van der Waals surface area contributed by atoms with Crippen LogP contribution in [0.1, 0.15) is 26.7 Å². The summed E-state index contributed by atoms with van der Waals surface area (Å²) in [4.78, 5) is 2.23. The maximum atomic E-state index is 5.73. The van der Waals surface area contributed by atoms with E-state index < -0.39 is 0 Å². The molecule has 3 nitrogen and oxygen atoms in total. The molecule has 1 heterocycles. The topological polar surface area (TPSA) is 24.5 Å². The first-order valence-corrected chi connectivity index (χ1v) is 5.62. The summed E-state index contributed by atoms with van der Waals surface area (Å²) < 4.78 is 5.73. The molecule has 0 saturated carbocycles. The first-order chi connectivity index (χ1) is 6.59. The largest absolute Gasteiger partial charge is 0.374 e. The number of ether oxygens (including phenoxy) is 1. The van der Waals surface area contributed by atoms with Crippen molar-refractivity contribution < 1.29 is 4.74 Å². The minimum absolute atomic E-state index is 0.444. The molecule has 0 bridgehead atoms. The van der Waals surface area contributed by atoms with Crippen LogP contribution in [-0.4, -0.2) is 50.3 Å². The molecule has 0 radical (unpaired) electrons. The molecular formula is C11H24N2O. The van der Waals surface area contributed by atoms with Crippen molar-refractivity contribution >= 4 is 0 Å². The van der Waals surface area contributed by atoms with Crippen LogP contribution in [0.2, 0.25) is 0 Å². The van der Waals surface area contributed by atoms with Crippen molar-refractivity contribution in [2.75, 3.05) is 27.2 Å². The third-order valence-electron chi connectivity index (χ3n) is 3.01. The lowest BCUT2D eigenvalue weighted by atomic mass is 10.2. The second kappa shape index (κ2) is 5.69. The second-order valence-electron chi connectivity index (χ2n) is 4.62. The quantitative estimate of drug-likeness (QED) is 0.719. The summed E-state index contributed by atoms with van der Waals surface area (Å²) in [5.74, 6) is 0. The Hall–Kier alpha value is -0.120. The summed E-state index contributed by atoms with van der Waals surface area (Å²) in [5.41, 5.74) is 0. The summed E-state index contributed by atoms with van der Waals surface area (Å²) in [6.45, 7) is 6.43. The van der Waals surface area contributed by atoms with Gasteiger partial charge >= 0.3 is 0 Å². The van der Waals surface area contributed by atoms with E-state index in [-0.39, 0.29) is 0 Å². The zero-order chi connectivity index (χ0) is 10.6. The fourth-order valence-corrected chi connectivity index (χ4v) is 1.67. The maximum absolute atomic E-state index is 5.73. The molecule has 3 unspecified atom stereocenters. The molecule has 0 aromatic carbocycles. The van der Waals surface area contributed by atoms with E-state index in [0.29, 0.717) is 18.2 Å². The Labute approximate surface area is 87.8 Å². The van der Waals surface area contributed by atoms with Crippen LogP contribution in [0.5, 0.6) is 0 Å². The van der Waals surface area contributed by atoms with E-state index in [1.54, 1.807) is 0 Å². The summed E-state index contributed by atoms with van der Waals surface area (Å²) in [6, 6.07) is 0.592. The maximum Gasteiger partial charge on any atom is 0.0704 e. The van der Waals surface area contributed by atoms with E-state index in [0.717, 1.165) is 13.1 Å². The number of likely N-dealkylation sites (N-methyl/N-ethyl adjacent to an activating group) is 1. The summed E-state index contributed by atoms with van der Waals surface area (Å²) in [7, 11) is 4.22. The smallest absolute Gasteiger partial charge is 0.0704 e. The molecule has 1 aliphatic heterocycles. The van der Waals surface area contributed by atoms with Crippen LogP contribution in [-0.2, 0) is 4.74 Å². The SMILES string of the molecule is CC1CCC(CNCC(C)N(C)C)O1. The molecule has 0 amide bonds. The van der Waals surface area contributed by atoms with Gasteiger partial charge in [-0.2, -0.15) is 0 Å². The van der Waals surface area contributed by atoms with E-state index >= 15 is 0 Å². The fourth-order valence-electron chi connectivity index (χ4n) is 1.67. The van der Waals surface area contributed by atoms with Gasteiger partial charge in [0.05, 0.1) is 12.2 Å². The van der Waals surface area contributed by atoms with Gasteiger partial charge in [0, 0.05) is 19.1 Å². The van der Waals surface area contributed by atoms with Crippen LogP contribution in [0, 0.1) is 0 Å². The number of hydrogen-bond acceptors (Lipinski definition) is 3. The Morgan fingerprint density at radius 1 is 1.43 bits per heavy atom. The lowest BCUT2D eigenvalue weighted by molar-refractivity contribution is 0.0553. The van der Waals surface area contributed by atoms with Crippen molar-refractivity contribution in [3.63, 3.8) is 0 Å². The summed E-state index contributed by atoms with van der Waals surface area (Å²) >= 11 is 0. The highest BCUT2D eigenvalue weighted by molar-refractivity contribution is 4.73. The van der Waals surface area contributed by atoms with Crippen molar-refractivity contribution in [1.29, 1.82) is 0 Å². The van der Waals surface area contributed by atoms with Crippen molar-refractivity contribution in [3.05, 3.63) is 0 Å². The molecule has 1 aliphatic rings. The van der Waals surface area contributed by atoms with E-state index in [1.165, 1.54) is 12.8 Å². The van der Waals surface area contributed by atoms with Crippen molar-refractivity contribution in [2.24, 2.45) is 0 Å². The fraction of sp³-hybridized carbons (Fsp3) is 1.00. The lowest BCUT2D eigenvalue weighted by Gasteiger charge is -2.21. The molecule has 0 aromatic heterocycles. The van der Waals surface area contributed by atoms with Gasteiger partial charge in [-0.25, -0.2) is 0 Å². The van der Waals surface area contributed by atoms with Crippen molar-refractivity contribution in [1.82, 2.24) is 10.2 Å². The molecule has 0 aromatic rings. The van der Waals surface area contributed by atoms with Crippen LogP contribution in [0.3, 0.4) is 0 Å². The summed E-state index contributed by atoms with van der Waals surface area (Å²) in [5, 5.41) is 3.46. The van der Waals surface area contributed by atoms with Gasteiger partial charge in [-0.1, -0.05) is 0 Å². The minimum atomic E-state index is 0.444. The second-order valence-corrected chi connectivity index (χ2v) is 4.62. The van der Waals surface area contributed by atoms with Gasteiger partial charge in [0.25, 0.3) is 0 Å². The number of rotatable bonds is 5. The van der Waals surface area contributed by atoms with E-state index in [2.05, 4.69) is 38.2 Å². The van der Waals surface area contributed by atoms with Gasteiger partial charge in [0.1, 0.15) is 0 Å². The molecule has 14 heavy (non-hydrogen) atoms. The molecule has 0 aliphatic carbocycles. The summed E-state index contributed by atoms with van der Waals surface area (Å²) in [6.07, 6.45) is 3.34. The van der Waals surface area contributed by atoms with Gasteiger partial charge in [0.15, 0.2) is 0 Å². The van der Waals surface area contributed by atoms with E-state index in [4.69, 9.17) is 4.74 Å². The molecule has 1 fully saturated rings. The normalized spacial score (nSPS) is 29.8. The molecule has 0 spiro atoms. The Balaban J connectivity index is 2.04. The lowest BCUT2D eigenvalue weighted by Crippen LogP contribution is -2.38. The predicted molar refractivity (Wildman–Crippen MR) is 59.6 cm³/mol. The molecule has 84 valence electrons. The van der Waals surface area contributed by atoms with Crippen LogP contribution in [0.25, 0.3) is 0 Å². The Kier molecular flexibility index (Phi) is 4.85. The van der Waals surface area contributed by atoms with Gasteiger partial charge in [0.2, 0.25) is 0 Å². The molecule has 1 saturated heterocycles. The number of nitrogens with one attached hydrogen (secondary N) is 1. The van der Waals surface area contributed by atoms with Crippen LogP contribution < -0.4 is 5.32 Å². The van der Waals surface area contributed by atoms with Crippen LogP contribution in [0.15, 0.2) is 0 Å². The van der Waals surface area contributed by atoms with E-state index in [9.17, 15) is 0 Å². The number of nitrogens with zero attached hydrogens (tertiary/aromatic N) is 1. The van der Waals surface area contributed by atoms with Crippen LogP contribution in [0.4, 0.5) is 0 Å². The van der Waals surface area contributed by atoms with E-state index in [1.807, 2.05) is 0 Å². The third kappa shape index (κ3) is 3.95. The third-order valence-corrected chi connectivity index (χ3v) is 3.01. The Morgan fingerprint density at radius 2 is 2.14 bits per heavy atom. The average Bonchev–Trinajstić information content (AvgIpc) is 2.51. The minimum Gasteiger partial charge on any atom is -0.374 e. The average molecular weight is 200 g/mol. The van der Waals surface area contributed by atoms with Gasteiger partial charge in [-0.15, -0.1) is 0 Å². The van der Waals surface area contributed by atoms with Crippen LogP contribution >= 0.6 is 0 Å². The van der Waals surface area contributed by atoms with Gasteiger partial charge < -0.3 is 15.0 Å². The standard InChI is InChI=1S/C11H24N2O/c1-9(13(3)4)7-12-8-11-6-5-10(2)14-11/h9-12H,5-8H2,1-4H3. The molecule has 1 rings (SSSR count). The highest BCUT2D eigenvalue weighted by atomic mass is 16.5. The molecule has 1 N–H and O–H groups in total. The zero-order valence-electron chi connectivity index (χ0n) is 9.92. The molecule has 3 atom stereocenters. The molecular weight excluding hydrogens is 176 g/mol. The number of hydrogen-bond donors (Lipinski definition) is 1. The Morgan fingerprint density at radius 3 is 2.64 bits per heavy atom. The van der Waals surface area contributed by atoms with Gasteiger partial charge in [-0.05, 0) is 40.8 Å². The highest BCUT2D eigenvalue weighted by Gasteiger charge is 2.21.